The van der Waals surface area contributed by atoms with Crippen molar-refractivity contribution in [2.24, 2.45) is 5.92 Å². The Kier molecular flexibility index (Phi) is 7.14. The maximum atomic E-state index is 12.2. The number of aromatic hydroxyl groups is 1. The van der Waals surface area contributed by atoms with Gasteiger partial charge in [0.05, 0.1) is 18.5 Å². The van der Waals surface area contributed by atoms with E-state index >= 15 is 0 Å². The maximum Gasteiger partial charge on any atom is 0.254 e. The maximum absolute atomic E-state index is 12.2. The van der Waals surface area contributed by atoms with E-state index in [1.165, 1.54) is 0 Å². The largest absolute Gasteiger partial charge is 0.493 e. The zero-order valence-electron chi connectivity index (χ0n) is 15.2. The van der Waals surface area contributed by atoms with Crippen LogP contribution in [0.3, 0.4) is 0 Å². The van der Waals surface area contributed by atoms with Crippen molar-refractivity contribution in [1.29, 1.82) is 0 Å². The Morgan fingerprint density at radius 3 is 2.92 bits per heavy atom. The van der Waals surface area contributed by atoms with E-state index in [0.29, 0.717) is 18.3 Å². The molecule has 9 heteroatoms. The van der Waals surface area contributed by atoms with Gasteiger partial charge >= 0.3 is 0 Å². The van der Waals surface area contributed by atoms with Crippen LogP contribution in [0.1, 0.15) is 32.5 Å². The molecule has 0 unspecified atom stereocenters. The number of rotatable bonds is 8. The predicted molar refractivity (Wildman–Crippen MR) is 95.7 cm³/mol. The van der Waals surface area contributed by atoms with Crippen molar-refractivity contribution in [3.05, 3.63) is 22.2 Å². The molecule has 0 saturated carbocycles. The molecule has 2 rings (SSSR count). The molecular formula is C17H27N5O4. The van der Waals surface area contributed by atoms with Gasteiger partial charge in [0, 0.05) is 26.1 Å². The molecule has 2 heterocycles. The molecule has 1 aromatic rings. The van der Waals surface area contributed by atoms with Gasteiger partial charge in [-0.3, -0.25) is 19.3 Å². The van der Waals surface area contributed by atoms with Crippen molar-refractivity contribution < 1.29 is 14.7 Å². The molecule has 1 atom stereocenters. The van der Waals surface area contributed by atoms with Crippen LogP contribution in [-0.4, -0.2) is 64.0 Å². The molecule has 1 aliphatic rings. The van der Waals surface area contributed by atoms with Gasteiger partial charge in [-0.05, 0) is 18.9 Å². The number of carbonyl (C=O) groups excluding carboxylic acids is 2. The van der Waals surface area contributed by atoms with Gasteiger partial charge in [-0.25, -0.2) is 4.98 Å². The van der Waals surface area contributed by atoms with E-state index in [1.807, 2.05) is 0 Å². The fourth-order valence-corrected chi connectivity index (χ4v) is 2.86. The number of amides is 2. The number of piperazine rings is 1. The first-order chi connectivity index (χ1) is 12.3. The molecule has 2 amide bonds. The van der Waals surface area contributed by atoms with E-state index in [9.17, 15) is 19.5 Å². The average Bonchev–Trinajstić information content (AvgIpc) is 2.54. The van der Waals surface area contributed by atoms with Crippen LogP contribution >= 0.6 is 0 Å². The predicted octanol–water partition coefficient (Wildman–Crippen LogP) is -0.629. The SMILES string of the molecule is CC(C)CCN1CCNC(=O)[C@H]1CC(=O)NCCc1nc(O)cc(=O)[nH]1. The highest BCUT2D eigenvalue weighted by Crippen LogP contribution is 2.12. The Morgan fingerprint density at radius 1 is 1.46 bits per heavy atom. The van der Waals surface area contributed by atoms with E-state index in [4.69, 9.17) is 0 Å². The normalized spacial score (nSPS) is 18.0. The van der Waals surface area contributed by atoms with Crippen molar-refractivity contribution in [1.82, 2.24) is 25.5 Å². The summed E-state index contributed by atoms with van der Waals surface area (Å²) in [4.78, 5) is 44.0. The van der Waals surface area contributed by atoms with Crippen LogP contribution in [-0.2, 0) is 16.0 Å². The number of nitrogens with one attached hydrogen (secondary N) is 3. The standard InChI is InChI=1S/C17H27N5O4/c1-11(2)4-7-22-8-6-19-17(26)12(22)9-14(23)18-5-3-13-20-15(24)10-16(25)21-13/h10-12H,3-9H2,1-2H3,(H,18,23)(H,19,26)(H2,20,21,24,25)/t12-/m1/s1. The van der Waals surface area contributed by atoms with E-state index in [0.717, 1.165) is 25.6 Å². The molecule has 9 nitrogen and oxygen atoms in total. The van der Waals surface area contributed by atoms with Crippen LogP contribution in [0.5, 0.6) is 5.88 Å². The first-order valence-corrected chi connectivity index (χ1v) is 8.93. The molecular weight excluding hydrogens is 338 g/mol. The lowest BCUT2D eigenvalue weighted by Gasteiger charge is -2.35. The molecule has 1 aliphatic heterocycles. The van der Waals surface area contributed by atoms with Crippen LogP contribution in [0.2, 0.25) is 0 Å². The van der Waals surface area contributed by atoms with Gasteiger partial charge in [-0.1, -0.05) is 13.8 Å². The second-order valence-electron chi connectivity index (χ2n) is 6.88. The molecule has 4 N–H and O–H groups in total. The van der Waals surface area contributed by atoms with E-state index < -0.39 is 11.6 Å². The Hall–Kier alpha value is -2.42. The monoisotopic (exact) mass is 365 g/mol. The second-order valence-corrected chi connectivity index (χ2v) is 6.88. The zero-order chi connectivity index (χ0) is 19.1. The minimum atomic E-state index is -0.457. The third-order valence-corrected chi connectivity index (χ3v) is 4.28. The topological polar surface area (TPSA) is 127 Å². The third-order valence-electron chi connectivity index (χ3n) is 4.28. The molecule has 0 spiro atoms. The van der Waals surface area contributed by atoms with Gasteiger partial charge in [0.25, 0.3) is 5.56 Å². The molecule has 0 bridgehead atoms. The first kappa shape index (κ1) is 19.9. The van der Waals surface area contributed by atoms with Gasteiger partial charge < -0.3 is 20.7 Å². The molecule has 1 saturated heterocycles. The van der Waals surface area contributed by atoms with Crippen molar-refractivity contribution in [2.45, 2.75) is 39.2 Å². The lowest BCUT2D eigenvalue weighted by atomic mass is 10.1. The summed E-state index contributed by atoms with van der Waals surface area (Å²) < 4.78 is 0. The number of nitrogens with zero attached hydrogens (tertiary/aromatic N) is 2. The fourth-order valence-electron chi connectivity index (χ4n) is 2.86. The van der Waals surface area contributed by atoms with Crippen LogP contribution < -0.4 is 16.2 Å². The fraction of sp³-hybridized carbons (Fsp3) is 0.647. The number of hydrogen-bond donors (Lipinski definition) is 4. The number of aromatic nitrogens is 2. The van der Waals surface area contributed by atoms with Gasteiger partial charge in [0.1, 0.15) is 5.82 Å². The van der Waals surface area contributed by atoms with Gasteiger partial charge in [0.15, 0.2) is 0 Å². The number of hydrogen-bond acceptors (Lipinski definition) is 6. The molecule has 1 aromatic heterocycles. The highest BCUT2D eigenvalue weighted by atomic mass is 16.3. The van der Waals surface area contributed by atoms with Gasteiger partial charge in [-0.15, -0.1) is 0 Å². The molecule has 0 aliphatic carbocycles. The first-order valence-electron chi connectivity index (χ1n) is 8.93. The van der Waals surface area contributed by atoms with E-state index in [1.54, 1.807) is 0 Å². The summed E-state index contributed by atoms with van der Waals surface area (Å²) in [6, 6.07) is 0.524. The summed E-state index contributed by atoms with van der Waals surface area (Å²) in [5, 5.41) is 14.8. The number of aromatic amines is 1. The minimum absolute atomic E-state index is 0.0912. The van der Waals surface area contributed by atoms with Crippen molar-refractivity contribution in [3.8, 4) is 5.88 Å². The Bertz CT molecular complexity index is 688. The summed E-state index contributed by atoms with van der Waals surface area (Å²) in [5.74, 6) is 0.128. The minimum Gasteiger partial charge on any atom is -0.493 e. The van der Waals surface area contributed by atoms with Crippen LogP contribution in [0.15, 0.2) is 10.9 Å². The van der Waals surface area contributed by atoms with Gasteiger partial charge in [0.2, 0.25) is 17.7 Å². The second kappa shape index (κ2) is 9.33. The molecule has 26 heavy (non-hydrogen) atoms. The highest BCUT2D eigenvalue weighted by Gasteiger charge is 2.31. The highest BCUT2D eigenvalue weighted by molar-refractivity contribution is 5.88. The molecule has 0 aromatic carbocycles. The van der Waals surface area contributed by atoms with E-state index in [-0.39, 0.29) is 37.1 Å². The Balaban J connectivity index is 1.84. The Labute approximate surface area is 152 Å². The smallest absolute Gasteiger partial charge is 0.254 e. The summed E-state index contributed by atoms with van der Waals surface area (Å²) in [5.41, 5.74) is -0.446. The van der Waals surface area contributed by atoms with Crippen LogP contribution in [0, 0.1) is 5.92 Å². The molecule has 144 valence electrons. The summed E-state index contributed by atoms with van der Waals surface area (Å²) in [6.07, 6.45) is 1.35. The third kappa shape index (κ3) is 6.14. The lowest BCUT2D eigenvalue weighted by molar-refractivity contribution is -0.134. The van der Waals surface area contributed by atoms with E-state index in [2.05, 4.69) is 39.3 Å². The van der Waals surface area contributed by atoms with Crippen molar-refractivity contribution >= 4 is 11.8 Å². The summed E-state index contributed by atoms with van der Waals surface area (Å²) >= 11 is 0. The Morgan fingerprint density at radius 2 is 2.23 bits per heavy atom. The number of H-pyrrole nitrogens is 1. The quantitative estimate of drug-likeness (QED) is 0.486. The summed E-state index contributed by atoms with van der Waals surface area (Å²) in [7, 11) is 0. The van der Waals surface area contributed by atoms with Crippen LogP contribution in [0.25, 0.3) is 0 Å². The van der Waals surface area contributed by atoms with Crippen molar-refractivity contribution in [2.75, 3.05) is 26.2 Å². The zero-order valence-corrected chi connectivity index (χ0v) is 15.2. The number of carbonyl (C=O) groups is 2. The average molecular weight is 365 g/mol. The summed E-state index contributed by atoms with van der Waals surface area (Å²) in [6.45, 7) is 6.65. The van der Waals surface area contributed by atoms with Crippen LogP contribution in [0.4, 0.5) is 0 Å². The molecule has 0 radical (unpaired) electrons. The lowest BCUT2D eigenvalue weighted by Crippen LogP contribution is -2.56. The molecule has 1 fully saturated rings. The van der Waals surface area contributed by atoms with Gasteiger partial charge in [-0.2, -0.15) is 0 Å². The van der Waals surface area contributed by atoms with Crippen molar-refractivity contribution in [3.63, 3.8) is 0 Å².